The molecule has 0 unspecified atom stereocenters. The van der Waals surface area contributed by atoms with E-state index in [1.807, 2.05) is 23.9 Å². The van der Waals surface area contributed by atoms with Crippen LogP contribution in [0.25, 0.3) is 0 Å². The first-order valence-electron chi connectivity index (χ1n) is 9.02. The Hall–Kier alpha value is -1.06. The largest absolute Gasteiger partial charge is 0.343 e. The van der Waals surface area contributed by atoms with Crippen LogP contribution in [0.15, 0.2) is 0 Å². The molecule has 3 saturated carbocycles. The summed E-state index contributed by atoms with van der Waals surface area (Å²) in [4.78, 5) is 29.1. The van der Waals surface area contributed by atoms with E-state index < -0.39 is 0 Å². The van der Waals surface area contributed by atoms with Gasteiger partial charge in [-0.05, 0) is 43.9 Å². The summed E-state index contributed by atoms with van der Waals surface area (Å²) in [5.41, 5.74) is -0.0707. The molecule has 4 heteroatoms. The molecular formula is C18H30N2O2. The van der Waals surface area contributed by atoms with Gasteiger partial charge in [-0.2, -0.15) is 0 Å². The highest BCUT2D eigenvalue weighted by atomic mass is 16.2. The summed E-state index contributed by atoms with van der Waals surface area (Å²) in [6, 6.07) is 0.941. The van der Waals surface area contributed by atoms with Crippen LogP contribution in [-0.4, -0.2) is 47.8 Å². The molecule has 3 rings (SSSR count). The van der Waals surface area contributed by atoms with Crippen LogP contribution >= 0.6 is 0 Å². The van der Waals surface area contributed by atoms with E-state index in [2.05, 4.69) is 0 Å². The van der Waals surface area contributed by atoms with Crippen molar-refractivity contribution in [1.29, 1.82) is 0 Å². The smallest absolute Gasteiger partial charge is 0.223 e. The van der Waals surface area contributed by atoms with Crippen molar-refractivity contribution in [2.75, 3.05) is 14.1 Å². The first-order valence-corrected chi connectivity index (χ1v) is 9.02. The molecule has 0 N–H and O–H groups in total. The van der Waals surface area contributed by atoms with E-state index in [0.717, 1.165) is 38.5 Å². The molecule has 0 aliphatic heterocycles. The van der Waals surface area contributed by atoms with Gasteiger partial charge in [0.05, 0.1) is 0 Å². The minimum Gasteiger partial charge on any atom is -0.343 e. The number of hydrogen-bond donors (Lipinski definition) is 0. The minimum absolute atomic E-state index is 0.0707. The Labute approximate surface area is 134 Å². The van der Waals surface area contributed by atoms with Gasteiger partial charge in [0, 0.05) is 39.0 Å². The summed E-state index contributed by atoms with van der Waals surface area (Å²) < 4.78 is 0. The Morgan fingerprint density at radius 3 is 1.59 bits per heavy atom. The van der Waals surface area contributed by atoms with Crippen LogP contribution in [0.1, 0.15) is 70.6 Å². The zero-order chi connectivity index (χ0) is 15.7. The lowest BCUT2D eigenvalue weighted by Crippen LogP contribution is -2.40. The average Bonchev–Trinajstić information content (AvgIpc) is 3.39. The molecule has 22 heavy (non-hydrogen) atoms. The third-order valence-electron chi connectivity index (χ3n) is 5.94. The topological polar surface area (TPSA) is 40.6 Å². The maximum atomic E-state index is 12.6. The van der Waals surface area contributed by atoms with Crippen LogP contribution in [0.5, 0.6) is 0 Å². The first-order chi connectivity index (χ1) is 10.5. The van der Waals surface area contributed by atoms with E-state index in [0.29, 0.717) is 24.9 Å². The van der Waals surface area contributed by atoms with Crippen LogP contribution in [-0.2, 0) is 9.59 Å². The molecule has 0 aromatic rings. The highest BCUT2D eigenvalue weighted by molar-refractivity contribution is 5.81. The minimum atomic E-state index is -0.0707. The van der Waals surface area contributed by atoms with Crippen LogP contribution in [0, 0.1) is 5.41 Å². The number of carbonyl (C=O) groups is 2. The SMILES string of the molecule is CN(C(=O)CC1(CC(=O)N(C)C2CC2)CCCCC1)C1CC1. The van der Waals surface area contributed by atoms with E-state index >= 15 is 0 Å². The highest BCUT2D eigenvalue weighted by Gasteiger charge is 2.41. The van der Waals surface area contributed by atoms with E-state index in [-0.39, 0.29) is 17.2 Å². The van der Waals surface area contributed by atoms with E-state index in [1.165, 1.54) is 19.3 Å². The Bertz CT molecular complexity index is 400. The Balaban J connectivity index is 1.64. The lowest BCUT2D eigenvalue weighted by molar-refractivity contribution is -0.137. The number of carbonyl (C=O) groups excluding carboxylic acids is 2. The van der Waals surface area contributed by atoms with Crippen molar-refractivity contribution in [3.63, 3.8) is 0 Å². The van der Waals surface area contributed by atoms with Crippen molar-refractivity contribution in [2.45, 2.75) is 82.7 Å². The first kappa shape index (κ1) is 15.8. The second kappa shape index (κ2) is 6.21. The standard InChI is InChI=1S/C18H30N2O2/c1-19(14-6-7-14)16(21)12-18(10-4-3-5-11-18)13-17(22)20(2)15-8-9-15/h14-15H,3-13H2,1-2H3. The molecule has 0 atom stereocenters. The number of rotatable bonds is 6. The number of nitrogens with zero attached hydrogens (tertiary/aromatic N) is 2. The molecule has 0 aromatic heterocycles. The summed E-state index contributed by atoms with van der Waals surface area (Å²) >= 11 is 0. The summed E-state index contributed by atoms with van der Waals surface area (Å²) in [5.74, 6) is 0.512. The van der Waals surface area contributed by atoms with Gasteiger partial charge in [-0.3, -0.25) is 9.59 Å². The zero-order valence-corrected chi connectivity index (χ0v) is 14.1. The van der Waals surface area contributed by atoms with Crippen molar-refractivity contribution in [1.82, 2.24) is 9.80 Å². The van der Waals surface area contributed by atoms with E-state index in [9.17, 15) is 9.59 Å². The van der Waals surface area contributed by atoms with Gasteiger partial charge in [0.15, 0.2) is 0 Å². The Kier molecular flexibility index (Phi) is 4.47. The van der Waals surface area contributed by atoms with E-state index in [1.54, 1.807) is 0 Å². The fourth-order valence-electron chi connectivity index (χ4n) is 3.94. The van der Waals surface area contributed by atoms with Gasteiger partial charge in [-0.25, -0.2) is 0 Å². The third kappa shape index (κ3) is 3.64. The van der Waals surface area contributed by atoms with Crippen molar-refractivity contribution in [3.05, 3.63) is 0 Å². The van der Waals surface area contributed by atoms with Gasteiger partial charge in [-0.15, -0.1) is 0 Å². The maximum absolute atomic E-state index is 12.6. The predicted molar refractivity (Wildman–Crippen MR) is 86.3 cm³/mol. The molecule has 0 radical (unpaired) electrons. The summed E-state index contributed by atoms with van der Waals surface area (Å²) in [5, 5.41) is 0. The molecule has 4 nitrogen and oxygen atoms in total. The van der Waals surface area contributed by atoms with Crippen LogP contribution < -0.4 is 0 Å². The van der Waals surface area contributed by atoms with Crippen LogP contribution in [0.4, 0.5) is 0 Å². The summed E-state index contributed by atoms with van der Waals surface area (Å²) in [6.45, 7) is 0. The van der Waals surface area contributed by atoms with Gasteiger partial charge >= 0.3 is 0 Å². The van der Waals surface area contributed by atoms with Crippen molar-refractivity contribution in [2.24, 2.45) is 5.41 Å². The number of hydrogen-bond acceptors (Lipinski definition) is 2. The van der Waals surface area contributed by atoms with Crippen LogP contribution in [0.3, 0.4) is 0 Å². The fourth-order valence-corrected chi connectivity index (χ4v) is 3.94. The van der Waals surface area contributed by atoms with Gasteiger partial charge in [-0.1, -0.05) is 19.3 Å². The fraction of sp³-hybridized carbons (Fsp3) is 0.889. The second-order valence-electron chi connectivity index (χ2n) is 7.89. The molecular weight excluding hydrogens is 276 g/mol. The molecule has 3 aliphatic carbocycles. The monoisotopic (exact) mass is 306 g/mol. The average molecular weight is 306 g/mol. The summed E-state index contributed by atoms with van der Waals surface area (Å²) in [7, 11) is 3.88. The van der Waals surface area contributed by atoms with Crippen molar-refractivity contribution < 1.29 is 9.59 Å². The molecule has 3 fully saturated rings. The van der Waals surface area contributed by atoms with E-state index in [4.69, 9.17) is 0 Å². The molecule has 3 aliphatic rings. The second-order valence-corrected chi connectivity index (χ2v) is 7.89. The van der Waals surface area contributed by atoms with Gasteiger partial charge < -0.3 is 9.80 Å². The zero-order valence-electron chi connectivity index (χ0n) is 14.1. The van der Waals surface area contributed by atoms with Crippen LogP contribution in [0.2, 0.25) is 0 Å². The lowest BCUT2D eigenvalue weighted by Gasteiger charge is -2.38. The molecule has 124 valence electrons. The van der Waals surface area contributed by atoms with Crippen molar-refractivity contribution in [3.8, 4) is 0 Å². The maximum Gasteiger partial charge on any atom is 0.223 e. The number of amides is 2. The third-order valence-corrected chi connectivity index (χ3v) is 5.94. The van der Waals surface area contributed by atoms with Crippen molar-refractivity contribution >= 4 is 11.8 Å². The summed E-state index contributed by atoms with van der Waals surface area (Å²) in [6.07, 6.45) is 11.4. The van der Waals surface area contributed by atoms with Gasteiger partial charge in [0.1, 0.15) is 0 Å². The molecule has 0 bridgehead atoms. The Morgan fingerprint density at radius 2 is 1.23 bits per heavy atom. The molecule has 0 heterocycles. The molecule has 0 saturated heterocycles. The van der Waals surface area contributed by atoms with Gasteiger partial charge in [0.2, 0.25) is 11.8 Å². The molecule has 2 amide bonds. The molecule has 0 aromatic carbocycles. The Morgan fingerprint density at radius 1 is 0.818 bits per heavy atom. The molecule has 0 spiro atoms. The lowest BCUT2D eigenvalue weighted by atomic mass is 9.69. The highest BCUT2D eigenvalue weighted by Crippen LogP contribution is 2.44. The van der Waals surface area contributed by atoms with Gasteiger partial charge in [0.25, 0.3) is 0 Å². The predicted octanol–water partition coefficient (Wildman–Crippen LogP) is 2.96. The normalized spacial score (nSPS) is 23.9. The quantitative estimate of drug-likeness (QED) is 0.757.